The molecule has 0 saturated carbocycles. The van der Waals surface area contributed by atoms with Gasteiger partial charge in [-0.1, -0.05) is 22.6 Å². The maximum Gasteiger partial charge on any atom is 0.573 e. The number of aryl methyl sites for hydroxylation is 2. The SMILES string of the molecule is CC(F)(F)Oc1ccc(F)c(CNC(=O)c2cn(CCCCn3cc(NC(=O)Cc4cccc(OC(F)(F)F)c4)nn3)nn2)c1. The van der Waals surface area contributed by atoms with E-state index in [0.717, 1.165) is 30.3 Å². The second-order valence-corrected chi connectivity index (χ2v) is 9.71. The molecule has 0 unspecified atom stereocenters. The summed E-state index contributed by atoms with van der Waals surface area (Å²) in [5.41, 5.74) is 0.225. The normalized spacial score (nSPS) is 11.7. The summed E-state index contributed by atoms with van der Waals surface area (Å²) in [5.74, 6) is -2.39. The third-order valence-corrected chi connectivity index (χ3v) is 5.85. The quantitative estimate of drug-likeness (QED) is 0.152. The van der Waals surface area contributed by atoms with E-state index in [1.807, 2.05) is 0 Å². The van der Waals surface area contributed by atoms with Gasteiger partial charge in [-0.15, -0.1) is 23.4 Å². The molecule has 0 spiro atoms. The van der Waals surface area contributed by atoms with Gasteiger partial charge in [0, 0.05) is 32.1 Å². The highest BCUT2D eigenvalue weighted by molar-refractivity contribution is 5.92. The molecule has 0 aliphatic carbocycles. The molecule has 2 N–H and O–H groups in total. The Balaban J connectivity index is 1.18. The Kier molecular flexibility index (Phi) is 10.2. The fourth-order valence-corrected chi connectivity index (χ4v) is 3.97. The number of unbranched alkanes of at least 4 members (excludes halogenated alkanes) is 1. The predicted octanol–water partition coefficient (Wildman–Crippen LogP) is 4.49. The summed E-state index contributed by atoms with van der Waals surface area (Å²) in [6.45, 7) is 1.08. The van der Waals surface area contributed by atoms with E-state index < -0.39 is 35.9 Å². The number of hydrogen-bond acceptors (Lipinski definition) is 8. The largest absolute Gasteiger partial charge is 0.573 e. The fraction of sp³-hybridized carbons (Fsp3) is 0.333. The number of nitrogens with zero attached hydrogens (tertiary/aromatic N) is 6. The van der Waals surface area contributed by atoms with Crippen LogP contribution in [0.1, 0.15) is 41.4 Å². The lowest BCUT2D eigenvalue weighted by Crippen LogP contribution is -2.24. The van der Waals surface area contributed by atoms with Crippen LogP contribution in [0.5, 0.6) is 11.5 Å². The van der Waals surface area contributed by atoms with Gasteiger partial charge >= 0.3 is 12.5 Å². The number of rotatable bonds is 14. The Morgan fingerprint density at radius 2 is 1.58 bits per heavy atom. The maximum absolute atomic E-state index is 14.1. The van der Waals surface area contributed by atoms with Gasteiger partial charge in [0.2, 0.25) is 5.91 Å². The van der Waals surface area contributed by atoms with Crippen LogP contribution in [0, 0.1) is 5.82 Å². The van der Waals surface area contributed by atoms with Gasteiger partial charge < -0.3 is 20.1 Å². The summed E-state index contributed by atoms with van der Waals surface area (Å²) >= 11 is 0. The average Bonchev–Trinajstić information content (AvgIpc) is 3.59. The van der Waals surface area contributed by atoms with Crippen LogP contribution < -0.4 is 20.1 Å². The van der Waals surface area contributed by atoms with Crippen molar-refractivity contribution >= 4 is 17.6 Å². The standard InChI is InChI=1S/C27H26F6N8O4/c1-26(29,30)44-20-7-8-21(28)18(13-20)14-34-25(43)22-15-40(38-36-22)9-2-3-10-41-16-23(37-39-41)35-24(42)12-17-5-4-6-19(11-17)45-27(31,32)33/h4-8,11,13,15-16H,2-3,9-10,12,14H2,1H3,(H,34,43)(H,35,42). The van der Waals surface area contributed by atoms with Gasteiger partial charge in [0.05, 0.1) is 18.8 Å². The molecule has 2 heterocycles. The zero-order valence-corrected chi connectivity index (χ0v) is 23.5. The minimum Gasteiger partial charge on any atom is -0.433 e. The molecule has 4 rings (SSSR count). The molecule has 0 fully saturated rings. The van der Waals surface area contributed by atoms with Crippen molar-refractivity contribution in [1.29, 1.82) is 0 Å². The molecule has 240 valence electrons. The first kappa shape index (κ1) is 32.7. The molecule has 12 nitrogen and oxygen atoms in total. The molecule has 0 atom stereocenters. The minimum atomic E-state index is -4.84. The molecule has 18 heteroatoms. The molecule has 0 bridgehead atoms. The predicted molar refractivity (Wildman–Crippen MR) is 144 cm³/mol. The van der Waals surface area contributed by atoms with E-state index in [1.54, 1.807) is 0 Å². The van der Waals surface area contributed by atoms with E-state index in [2.05, 4.69) is 40.7 Å². The Labute approximate surface area is 251 Å². The number of nitrogens with one attached hydrogen (secondary N) is 2. The Morgan fingerprint density at radius 1 is 0.889 bits per heavy atom. The lowest BCUT2D eigenvalue weighted by atomic mass is 10.1. The van der Waals surface area contributed by atoms with Gasteiger partial charge in [0.15, 0.2) is 11.5 Å². The smallest absolute Gasteiger partial charge is 0.433 e. The highest BCUT2D eigenvalue weighted by Gasteiger charge is 2.31. The number of amides is 2. The third-order valence-electron chi connectivity index (χ3n) is 5.85. The number of carbonyl (C=O) groups excluding carboxylic acids is 2. The summed E-state index contributed by atoms with van der Waals surface area (Å²) < 4.78 is 88.7. The molecule has 0 radical (unpaired) electrons. The molecule has 2 aromatic carbocycles. The summed E-state index contributed by atoms with van der Waals surface area (Å²) in [7, 11) is 0. The fourth-order valence-electron chi connectivity index (χ4n) is 3.97. The second kappa shape index (κ2) is 14.1. The van der Waals surface area contributed by atoms with E-state index in [9.17, 15) is 35.9 Å². The molecule has 4 aromatic rings. The van der Waals surface area contributed by atoms with E-state index in [1.165, 1.54) is 33.9 Å². The highest BCUT2D eigenvalue weighted by atomic mass is 19.4. The van der Waals surface area contributed by atoms with Crippen molar-refractivity contribution in [2.24, 2.45) is 0 Å². The van der Waals surface area contributed by atoms with Gasteiger partial charge in [-0.05, 0) is 48.7 Å². The molecular formula is C27H26F6N8O4. The van der Waals surface area contributed by atoms with Gasteiger partial charge in [-0.25, -0.2) is 4.39 Å². The molecule has 0 aliphatic rings. The monoisotopic (exact) mass is 640 g/mol. The van der Waals surface area contributed by atoms with Gasteiger partial charge in [-0.3, -0.25) is 19.0 Å². The first-order chi connectivity index (χ1) is 21.2. The Morgan fingerprint density at radius 3 is 2.29 bits per heavy atom. The van der Waals surface area contributed by atoms with Gasteiger partial charge in [-0.2, -0.15) is 8.78 Å². The van der Waals surface area contributed by atoms with Gasteiger partial charge in [0.25, 0.3) is 5.91 Å². The van der Waals surface area contributed by atoms with Crippen LogP contribution in [0.25, 0.3) is 0 Å². The maximum atomic E-state index is 14.1. The van der Waals surface area contributed by atoms with Crippen molar-refractivity contribution in [1.82, 2.24) is 35.3 Å². The van der Waals surface area contributed by atoms with Crippen LogP contribution in [0.15, 0.2) is 54.9 Å². The van der Waals surface area contributed by atoms with Crippen LogP contribution >= 0.6 is 0 Å². The molecule has 2 aromatic heterocycles. The van der Waals surface area contributed by atoms with Gasteiger partial charge in [0.1, 0.15) is 17.3 Å². The number of aromatic nitrogens is 6. The van der Waals surface area contributed by atoms with E-state index >= 15 is 0 Å². The number of halogens is 6. The number of benzene rings is 2. The zero-order valence-electron chi connectivity index (χ0n) is 23.5. The second-order valence-electron chi connectivity index (χ2n) is 9.71. The molecule has 2 amide bonds. The Bertz CT molecular complexity index is 1620. The van der Waals surface area contributed by atoms with Crippen molar-refractivity contribution in [3.8, 4) is 11.5 Å². The van der Waals surface area contributed by atoms with Crippen LogP contribution in [0.4, 0.5) is 32.2 Å². The average molecular weight is 641 g/mol. The van der Waals surface area contributed by atoms with Crippen molar-refractivity contribution < 1.29 is 45.4 Å². The van der Waals surface area contributed by atoms with Crippen LogP contribution in [0.2, 0.25) is 0 Å². The number of carbonyl (C=O) groups is 2. The lowest BCUT2D eigenvalue weighted by molar-refractivity contribution is -0.274. The molecule has 0 saturated heterocycles. The van der Waals surface area contributed by atoms with E-state index in [0.29, 0.717) is 38.4 Å². The van der Waals surface area contributed by atoms with Crippen molar-refractivity contribution in [2.45, 2.75) is 58.3 Å². The van der Waals surface area contributed by atoms with Crippen molar-refractivity contribution in [2.75, 3.05) is 5.32 Å². The van der Waals surface area contributed by atoms with Crippen LogP contribution in [-0.2, 0) is 30.8 Å². The van der Waals surface area contributed by atoms with Crippen LogP contribution in [0.3, 0.4) is 0 Å². The Hall–Kier alpha value is -5.16. The summed E-state index contributed by atoms with van der Waals surface area (Å²) in [5, 5.41) is 20.4. The minimum absolute atomic E-state index is 0.0285. The summed E-state index contributed by atoms with van der Waals surface area (Å²) in [6, 6.07) is 8.16. The van der Waals surface area contributed by atoms with E-state index in [4.69, 9.17) is 0 Å². The van der Waals surface area contributed by atoms with Crippen molar-refractivity contribution in [3.63, 3.8) is 0 Å². The molecule has 0 aliphatic heterocycles. The number of alkyl halides is 5. The lowest BCUT2D eigenvalue weighted by Gasteiger charge is -2.14. The topological polar surface area (TPSA) is 138 Å². The number of hydrogen-bond donors (Lipinski definition) is 2. The third kappa shape index (κ3) is 10.8. The summed E-state index contributed by atoms with van der Waals surface area (Å²) in [6.07, 6.45) is -4.40. The van der Waals surface area contributed by atoms with E-state index in [-0.39, 0.29) is 35.8 Å². The number of ether oxygens (including phenoxy) is 2. The first-order valence-corrected chi connectivity index (χ1v) is 13.3. The van der Waals surface area contributed by atoms with Crippen LogP contribution in [-0.4, -0.2) is 54.3 Å². The summed E-state index contributed by atoms with van der Waals surface area (Å²) in [4.78, 5) is 24.7. The first-order valence-electron chi connectivity index (χ1n) is 13.3. The number of anilines is 1. The highest BCUT2D eigenvalue weighted by Crippen LogP contribution is 2.24. The molecular weight excluding hydrogens is 614 g/mol. The molecule has 45 heavy (non-hydrogen) atoms. The zero-order chi connectivity index (χ0) is 32.6. The van der Waals surface area contributed by atoms with Crippen molar-refractivity contribution in [3.05, 3.63) is 77.5 Å².